The molecule has 1 aromatic heterocycles. The maximum Gasteiger partial charge on any atom is 0.136 e. The molecule has 9 aromatic carbocycles. The summed E-state index contributed by atoms with van der Waals surface area (Å²) >= 11 is 0. The molecule has 10 aromatic rings. The van der Waals surface area contributed by atoms with Gasteiger partial charge in [-0.3, -0.25) is 0 Å². The lowest BCUT2D eigenvalue weighted by Gasteiger charge is -2.18. The number of hydrogen-bond acceptors (Lipinski definition) is 1. The Morgan fingerprint density at radius 3 is 1.58 bits per heavy atom. The van der Waals surface area contributed by atoms with Crippen LogP contribution in [0.15, 0.2) is 162 Å². The van der Waals surface area contributed by atoms with Crippen molar-refractivity contribution in [3.05, 3.63) is 158 Å². The minimum absolute atomic E-state index is 0.943. The average molecular weight is 571 g/mol. The molecule has 0 bridgehead atoms. The van der Waals surface area contributed by atoms with E-state index < -0.39 is 0 Å². The maximum atomic E-state index is 6.27. The molecule has 0 saturated heterocycles. The first-order valence-electron chi connectivity index (χ1n) is 15.5. The van der Waals surface area contributed by atoms with E-state index in [-0.39, 0.29) is 0 Å². The van der Waals surface area contributed by atoms with Crippen LogP contribution < -0.4 is 0 Å². The molecule has 0 saturated carbocycles. The first-order valence-corrected chi connectivity index (χ1v) is 15.5. The lowest BCUT2D eigenvalue weighted by molar-refractivity contribution is 0.669. The fraction of sp³-hybridized carbons (Fsp3) is 0. The highest BCUT2D eigenvalue weighted by molar-refractivity contribution is 6.26. The highest BCUT2D eigenvalue weighted by Gasteiger charge is 2.19. The molecule has 0 spiro atoms. The Hall–Kier alpha value is -5.92. The van der Waals surface area contributed by atoms with E-state index in [1.807, 2.05) is 0 Å². The van der Waals surface area contributed by atoms with Gasteiger partial charge in [-0.25, -0.2) is 0 Å². The van der Waals surface area contributed by atoms with Crippen LogP contribution >= 0.6 is 0 Å². The molecule has 0 aliphatic carbocycles. The highest BCUT2D eigenvalue weighted by Crippen LogP contribution is 2.46. The summed E-state index contributed by atoms with van der Waals surface area (Å²) < 4.78 is 6.27. The van der Waals surface area contributed by atoms with Gasteiger partial charge in [-0.15, -0.1) is 0 Å². The van der Waals surface area contributed by atoms with E-state index >= 15 is 0 Å². The van der Waals surface area contributed by atoms with Gasteiger partial charge in [0, 0.05) is 10.8 Å². The van der Waals surface area contributed by atoms with E-state index in [1.54, 1.807) is 0 Å². The van der Waals surface area contributed by atoms with Crippen molar-refractivity contribution in [2.45, 2.75) is 0 Å². The molecule has 0 amide bonds. The molecule has 10 rings (SSSR count). The monoisotopic (exact) mass is 570 g/mol. The third-order valence-corrected chi connectivity index (χ3v) is 9.58. The SMILES string of the molecule is c1cc(-c2c3ccccc3c(-c3ccc4ccccc4c3)c3ccccc23)cc(-c2cc3cccc4oc5cccc2c5c34)c1. The van der Waals surface area contributed by atoms with E-state index in [9.17, 15) is 0 Å². The van der Waals surface area contributed by atoms with Crippen molar-refractivity contribution in [1.82, 2.24) is 0 Å². The zero-order valence-electron chi connectivity index (χ0n) is 24.4. The van der Waals surface area contributed by atoms with Crippen molar-refractivity contribution in [1.29, 1.82) is 0 Å². The number of furan rings is 1. The number of hydrogen-bond donors (Lipinski definition) is 0. The summed E-state index contributed by atoms with van der Waals surface area (Å²) in [6.45, 7) is 0. The second-order valence-corrected chi connectivity index (χ2v) is 12.0. The lowest BCUT2D eigenvalue weighted by atomic mass is 9.84. The van der Waals surface area contributed by atoms with Gasteiger partial charge in [-0.2, -0.15) is 0 Å². The Morgan fingerprint density at radius 2 is 0.844 bits per heavy atom. The minimum Gasteiger partial charge on any atom is -0.456 e. The van der Waals surface area contributed by atoms with Crippen LogP contribution in [0.2, 0.25) is 0 Å². The van der Waals surface area contributed by atoms with Gasteiger partial charge in [0.15, 0.2) is 0 Å². The number of rotatable bonds is 3. The molecule has 1 nitrogen and oxygen atoms in total. The topological polar surface area (TPSA) is 13.1 Å². The number of fused-ring (bicyclic) bond motifs is 3. The van der Waals surface area contributed by atoms with E-state index in [0.29, 0.717) is 0 Å². The molecule has 208 valence electrons. The third kappa shape index (κ3) is 3.56. The summed E-state index contributed by atoms with van der Waals surface area (Å²) in [7, 11) is 0. The van der Waals surface area contributed by atoms with Gasteiger partial charge >= 0.3 is 0 Å². The first-order chi connectivity index (χ1) is 22.3. The van der Waals surface area contributed by atoms with Crippen molar-refractivity contribution in [2.75, 3.05) is 0 Å². The van der Waals surface area contributed by atoms with Gasteiger partial charge in [0.05, 0.1) is 0 Å². The van der Waals surface area contributed by atoms with E-state index in [0.717, 1.165) is 11.2 Å². The molecule has 1 heteroatoms. The zero-order valence-corrected chi connectivity index (χ0v) is 24.4. The summed E-state index contributed by atoms with van der Waals surface area (Å²) in [5.74, 6) is 0. The quantitative estimate of drug-likeness (QED) is 0.152. The predicted octanol–water partition coefficient (Wildman–Crippen LogP) is 12.6. The van der Waals surface area contributed by atoms with Crippen LogP contribution in [0.1, 0.15) is 0 Å². The standard InChI is InChI=1S/C44H26O/c1-2-11-28-24-32(23-22-27(28)10-1)42-35-17-5-3-15-33(35)41(34-16-4-6-18-36(34)42)30-13-7-12-29(25-30)38-26-31-14-8-20-39-43(31)44-37(38)19-9-21-40(44)45-39/h1-26H. The molecular weight excluding hydrogens is 544 g/mol. The Balaban J connectivity index is 1.25. The maximum absolute atomic E-state index is 6.27. The number of benzene rings is 9. The zero-order chi connectivity index (χ0) is 29.5. The van der Waals surface area contributed by atoms with Crippen LogP contribution in [0.3, 0.4) is 0 Å². The average Bonchev–Trinajstić information content (AvgIpc) is 3.49. The first kappa shape index (κ1) is 24.5. The highest BCUT2D eigenvalue weighted by atomic mass is 16.3. The van der Waals surface area contributed by atoms with Crippen LogP contribution in [-0.4, -0.2) is 0 Å². The second kappa shape index (κ2) is 9.29. The molecule has 0 radical (unpaired) electrons. The molecule has 0 aliphatic heterocycles. The molecule has 0 unspecified atom stereocenters. The second-order valence-electron chi connectivity index (χ2n) is 12.0. The van der Waals surface area contributed by atoms with Gasteiger partial charge in [-0.1, -0.05) is 127 Å². The normalized spacial score (nSPS) is 12.0. The van der Waals surface area contributed by atoms with E-state index in [4.69, 9.17) is 4.42 Å². The van der Waals surface area contributed by atoms with Gasteiger partial charge in [-0.05, 0) is 107 Å². The van der Waals surface area contributed by atoms with E-state index in [1.165, 1.54) is 87.2 Å². The molecule has 0 N–H and O–H groups in total. The van der Waals surface area contributed by atoms with E-state index in [2.05, 4.69) is 158 Å². The van der Waals surface area contributed by atoms with Crippen molar-refractivity contribution < 1.29 is 4.42 Å². The smallest absolute Gasteiger partial charge is 0.136 e. The molecule has 0 aliphatic rings. The Kier molecular flexibility index (Phi) is 5.06. The molecule has 45 heavy (non-hydrogen) atoms. The summed E-state index contributed by atoms with van der Waals surface area (Å²) in [4.78, 5) is 0. The van der Waals surface area contributed by atoms with Gasteiger partial charge in [0.2, 0.25) is 0 Å². The van der Waals surface area contributed by atoms with Crippen LogP contribution in [0.4, 0.5) is 0 Å². The van der Waals surface area contributed by atoms with Crippen LogP contribution in [0, 0.1) is 0 Å². The summed E-state index contributed by atoms with van der Waals surface area (Å²) in [6.07, 6.45) is 0. The fourth-order valence-electron chi connectivity index (χ4n) is 7.65. The Morgan fingerprint density at radius 1 is 0.311 bits per heavy atom. The van der Waals surface area contributed by atoms with Crippen molar-refractivity contribution in [2.24, 2.45) is 0 Å². The largest absolute Gasteiger partial charge is 0.456 e. The molecule has 0 atom stereocenters. The van der Waals surface area contributed by atoms with Crippen LogP contribution in [-0.2, 0) is 0 Å². The third-order valence-electron chi connectivity index (χ3n) is 9.58. The minimum atomic E-state index is 0.943. The summed E-state index contributed by atoms with van der Waals surface area (Å²) in [5.41, 5.74) is 9.34. The molecule has 1 heterocycles. The van der Waals surface area contributed by atoms with Crippen molar-refractivity contribution in [3.63, 3.8) is 0 Å². The van der Waals surface area contributed by atoms with Crippen LogP contribution in [0.5, 0.6) is 0 Å². The summed E-state index contributed by atoms with van der Waals surface area (Å²) in [5, 5.41) is 12.4. The molecule has 0 fully saturated rings. The van der Waals surface area contributed by atoms with Crippen molar-refractivity contribution in [3.8, 4) is 33.4 Å². The Labute approximate surface area is 259 Å². The fourth-order valence-corrected chi connectivity index (χ4v) is 7.65. The van der Waals surface area contributed by atoms with Crippen LogP contribution in [0.25, 0.3) is 98.4 Å². The lowest BCUT2D eigenvalue weighted by Crippen LogP contribution is -1.91. The van der Waals surface area contributed by atoms with Gasteiger partial charge < -0.3 is 4.42 Å². The summed E-state index contributed by atoms with van der Waals surface area (Å²) in [6, 6.07) is 57.5. The molecular formula is C44H26O. The van der Waals surface area contributed by atoms with Crippen molar-refractivity contribution >= 4 is 65.0 Å². The Bertz CT molecular complexity index is 2700. The van der Waals surface area contributed by atoms with Gasteiger partial charge in [0.25, 0.3) is 0 Å². The van der Waals surface area contributed by atoms with Gasteiger partial charge in [0.1, 0.15) is 11.2 Å². The predicted molar refractivity (Wildman–Crippen MR) is 191 cm³/mol.